The summed E-state index contributed by atoms with van der Waals surface area (Å²) in [6.45, 7) is 0. The molecule has 0 aliphatic carbocycles. The van der Waals surface area contributed by atoms with E-state index in [9.17, 15) is 8.78 Å². The molecule has 2 aromatic rings. The van der Waals surface area contributed by atoms with Crippen LogP contribution in [-0.4, -0.2) is 4.98 Å². The Balaban J connectivity index is 2.26. The van der Waals surface area contributed by atoms with Gasteiger partial charge >= 0.3 is 0 Å². The highest BCUT2D eigenvalue weighted by molar-refractivity contribution is 5.57. The van der Waals surface area contributed by atoms with E-state index in [1.807, 2.05) is 6.07 Å². The number of benzene rings is 1. The van der Waals surface area contributed by atoms with Crippen LogP contribution < -0.4 is 5.32 Å². The molecule has 0 radical (unpaired) electrons. The van der Waals surface area contributed by atoms with Gasteiger partial charge in [0, 0.05) is 6.20 Å². The number of hydrogen-bond donors (Lipinski definition) is 1. The fourth-order valence-corrected chi connectivity index (χ4v) is 1.27. The number of nitriles is 1. The average Bonchev–Trinajstić information content (AvgIpc) is 2.36. The average molecular weight is 231 g/mol. The predicted molar refractivity (Wildman–Crippen MR) is 58.6 cm³/mol. The molecular formula is C12H7F2N3. The largest absolute Gasteiger partial charge is 0.338 e. The van der Waals surface area contributed by atoms with Gasteiger partial charge in [0.05, 0.1) is 11.3 Å². The molecule has 0 aliphatic rings. The highest BCUT2D eigenvalue weighted by Crippen LogP contribution is 2.20. The molecule has 2 rings (SSSR count). The zero-order valence-corrected chi connectivity index (χ0v) is 8.61. The number of nitrogens with zero attached hydrogens (tertiary/aromatic N) is 2. The minimum atomic E-state index is -0.960. The van der Waals surface area contributed by atoms with Gasteiger partial charge in [0.25, 0.3) is 0 Å². The molecule has 1 aromatic carbocycles. The summed E-state index contributed by atoms with van der Waals surface area (Å²) < 4.78 is 26.2. The van der Waals surface area contributed by atoms with Gasteiger partial charge in [0.15, 0.2) is 11.6 Å². The minimum Gasteiger partial charge on any atom is -0.338 e. The second-order valence-corrected chi connectivity index (χ2v) is 3.27. The van der Waals surface area contributed by atoms with Gasteiger partial charge in [-0.05, 0) is 24.3 Å². The van der Waals surface area contributed by atoms with E-state index >= 15 is 0 Å². The molecule has 3 nitrogen and oxygen atoms in total. The maximum Gasteiger partial charge on any atom is 0.182 e. The van der Waals surface area contributed by atoms with E-state index < -0.39 is 11.6 Å². The van der Waals surface area contributed by atoms with Crippen LogP contribution in [-0.2, 0) is 0 Å². The smallest absolute Gasteiger partial charge is 0.182 e. The summed E-state index contributed by atoms with van der Waals surface area (Å²) in [4.78, 5) is 3.89. The van der Waals surface area contributed by atoms with Crippen LogP contribution in [0.2, 0.25) is 0 Å². The Morgan fingerprint density at radius 3 is 2.65 bits per heavy atom. The van der Waals surface area contributed by atoms with Gasteiger partial charge in [-0.3, -0.25) is 0 Å². The molecule has 0 atom stereocenters. The van der Waals surface area contributed by atoms with Gasteiger partial charge in [-0.1, -0.05) is 6.07 Å². The van der Waals surface area contributed by atoms with Gasteiger partial charge in [-0.15, -0.1) is 0 Å². The Labute approximate surface area is 96.3 Å². The van der Waals surface area contributed by atoms with E-state index in [0.717, 1.165) is 6.07 Å². The van der Waals surface area contributed by atoms with Gasteiger partial charge in [-0.25, -0.2) is 13.8 Å². The van der Waals surface area contributed by atoms with Crippen molar-refractivity contribution in [3.63, 3.8) is 0 Å². The summed E-state index contributed by atoms with van der Waals surface area (Å²) >= 11 is 0. The normalized spacial score (nSPS) is 9.71. The van der Waals surface area contributed by atoms with E-state index in [4.69, 9.17) is 5.26 Å². The molecule has 1 N–H and O–H groups in total. The van der Waals surface area contributed by atoms with Crippen molar-refractivity contribution in [2.75, 3.05) is 5.32 Å². The van der Waals surface area contributed by atoms with Gasteiger partial charge in [-0.2, -0.15) is 5.26 Å². The molecule has 1 aromatic heterocycles. The molecule has 0 unspecified atom stereocenters. The Morgan fingerprint density at radius 2 is 2.00 bits per heavy atom. The quantitative estimate of drug-likeness (QED) is 0.864. The number of aromatic nitrogens is 1. The van der Waals surface area contributed by atoms with Crippen molar-refractivity contribution in [1.82, 2.24) is 4.98 Å². The molecule has 17 heavy (non-hydrogen) atoms. The minimum absolute atomic E-state index is 0.00204. The van der Waals surface area contributed by atoms with Crippen molar-refractivity contribution in [3.05, 3.63) is 53.7 Å². The number of halogens is 2. The molecule has 0 aliphatic heterocycles. The van der Waals surface area contributed by atoms with Crippen molar-refractivity contribution in [2.24, 2.45) is 0 Å². The highest BCUT2D eigenvalue weighted by atomic mass is 19.2. The highest BCUT2D eigenvalue weighted by Gasteiger charge is 2.07. The SMILES string of the molecule is N#Cc1ccc(Nc2cccc(F)c2F)nc1. The van der Waals surface area contributed by atoms with Gasteiger partial charge < -0.3 is 5.32 Å². The van der Waals surface area contributed by atoms with E-state index in [1.54, 1.807) is 0 Å². The fourth-order valence-electron chi connectivity index (χ4n) is 1.27. The Hall–Kier alpha value is -2.48. The lowest BCUT2D eigenvalue weighted by Gasteiger charge is -2.06. The monoisotopic (exact) mass is 231 g/mol. The first-order valence-electron chi connectivity index (χ1n) is 4.78. The first kappa shape index (κ1) is 11.0. The number of nitrogens with one attached hydrogen (secondary N) is 1. The molecular weight excluding hydrogens is 224 g/mol. The standard InChI is InChI=1S/C12H7F2N3/c13-9-2-1-3-10(12(9)14)17-11-5-4-8(6-15)7-16-11/h1-5,7H,(H,16,17). The number of hydrogen-bond acceptors (Lipinski definition) is 3. The molecule has 84 valence electrons. The van der Waals surface area contributed by atoms with E-state index in [2.05, 4.69) is 10.3 Å². The molecule has 0 saturated heterocycles. The van der Waals surface area contributed by atoms with Crippen LogP contribution in [0.1, 0.15) is 5.56 Å². The van der Waals surface area contributed by atoms with Crippen molar-refractivity contribution in [2.45, 2.75) is 0 Å². The van der Waals surface area contributed by atoms with Crippen molar-refractivity contribution in [3.8, 4) is 6.07 Å². The van der Waals surface area contributed by atoms with E-state index in [-0.39, 0.29) is 5.69 Å². The molecule has 0 fully saturated rings. The second kappa shape index (κ2) is 4.58. The number of anilines is 2. The zero-order chi connectivity index (χ0) is 12.3. The van der Waals surface area contributed by atoms with Crippen LogP contribution >= 0.6 is 0 Å². The van der Waals surface area contributed by atoms with E-state index in [1.165, 1.54) is 30.5 Å². The van der Waals surface area contributed by atoms with Crippen LogP contribution in [0, 0.1) is 23.0 Å². The molecule has 0 saturated carbocycles. The lowest BCUT2D eigenvalue weighted by Crippen LogP contribution is -1.97. The molecule has 5 heteroatoms. The fraction of sp³-hybridized carbons (Fsp3) is 0. The molecule has 0 bridgehead atoms. The lowest BCUT2D eigenvalue weighted by atomic mass is 10.2. The Kier molecular flexibility index (Phi) is 2.97. The molecule has 0 amide bonds. The maximum atomic E-state index is 13.3. The molecule has 0 spiro atoms. The Morgan fingerprint density at radius 1 is 1.18 bits per heavy atom. The third kappa shape index (κ3) is 2.37. The third-order valence-corrected chi connectivity index (χ3v) is 2.11. The summed E-state index contributed by atoms with van der Waals surface area (Å²) in [5, 5.41) is 11.2. The molecule has 1 heterocycles. The third-order valence-electron chi connectivity index (χ3n) is 2.11. The van der Waals surface area contributed by atoms with Crippen LogP contribution in [0.15, 0.2) is 36.5 Å². The summed E-state index contributed by atoms with van der Waals surface area (Å²) in [6, 6.07) is 8.79. The predicted octanol–water partition coefficient (Wildman–Crippen LogP) is 2.98. The van der Waals surface area contributed by atoms with Crippen LogP contribution in [0.25, 0.3) is 0 Å². The summed E-state index contributed by atoms with van der Waals surface area (Å²) in [7, 11) is 0. The Bertz CT molecular complexity index is 573. The van der Waals surface area contributed by atoms with Gasteiger partial charge in [0.1, 0.15) is 11.9 Å². The number of pyridine rings is 1. The van der Waals surface area contributed by atoms with Crippen LogP contribution in [0.5, 0.6) is 0 Å². The van der Waals surface area contributed by atoms with E-state index in [0.29, 0.717) is 11.4 Å². The van der Waals surface area contributed by atoms with Gasteiger partial charge in [0.2, 0.25) is 0 Å². The first-order valence-corrected chi connectivity index (χ1v) is 4.78. The number of rotatable bonds is 2. The van der Waals surface area contributed by atoms with Crippen LogP contribution in [0.3, 0.4) is 0 Å². The van der Waals surface area contributed by atoms with Crippen molar-refractivity contribution < 1.29 is 8.78 Å². The van der Waals surface area contributed by atoms with Crippen LogP contribution in [0.4, 0.5) is 20.3 Å². The van der Waals surface area contributed by atoms with Crippen molar-refractivity contribution in [1.29, 1.82) is 5.26 Å². The topological polar surface area (TPSA) is 48.7 Å². The summed E-state index contributed by atoms with van der Waals surface area (Å²) in [6.07, 6.45) is 1.35. The lowest BCUT2D eigenvalue weighted by molar-refractivity contribution is 0.511. The first-order chi connectivity index (χ1) is 8.20. The zero-order valence-electron chi connectivity index (χ0n) is 8.61. The summed E-state index contributed by atoms with van der Waals surface area (Å²) in [5.41, 5.74) is 0.400. The summed E-state index contributed by atoms with van der Waals surface area (Å²) in [5.74, 6) is -1.55. The second-order valence-electron chi connectivity index (χ2n) is 3.27. The maximum absolute atomic E-state index is 13.3. The van der Waals surface area contributed by atoms with Crippen molar-refractivity contribution >= 4 is 11.5 Å².